The van der Waals surface area contributed by atoms with Gasteiger partial charge in [-0.1, -0.05) is 6.42 Å². The summed E-state index contributed by atoms with van der Waals surface area (Å²) in [5.41, 5.74) is 0.644. The second kappa shape index (κ2) is 10.2. The molecule has 1 amide bonds. The number of aromatic hydroxyl groups is 1. The van der Waals surface area contributed by atoms with Crippen LogP contribution in [-0.4, -0.2) is 47.6 Å². The van der Waals surface area contributed by atoms with Crippen molar-refractivity contribution in [2.75, 3.05) is 24.7 Å². The first kappa shape index (κ1) is 19.4. The molecule has 1 aromatic carbocycles. The summed E-state index contributed by atoms with van der Waals surface area (Å²) in [7, 11) is 0. The van der Waals surface area contributed by atoms with Gasteiger partial charge in [-0.3, -0.25) is 4.79 Å². The topological polar surface area (TPSA) is 85.8 Å². The van der Waals surface area contributed by atoms with E-state index < -0.39 is 0 Å². The second-order valence-electron chi connectivity index (χ2n) is 6.16. The number of nitrogens with one attached hydrogen (secondary N) is 3. The van der Waals surface area contributed by atoms with Gasteiger partial charge in [0.05, 0.1) is 0 Å². The number of anilines is 1. The standard InChI is InChI=1S/C18H28N4O2S/c1-3-19-18(22-14-5-4-6-16(11-14)25-2)20-12-17(24)21-13-7-9-15(23)10-8-13/h7-10,14,16,23H,3-6,11-12H2,1-2H3,(H,21,24)(H2,19,20,22). The summed E-state index contributed by atoms with van der Waals surface area (Å²) in [4.78, 5) is 16.5. The van der Waals surface area contributed by atoms with Crippen molar-refractivity contribution < 1.29 is 9.90 Å². The first-order valence-electron chi connectivity index (χ1n) is 8.77. The number of hydrogen-bond donors (Lipinski definition) is 4. The van der Waals surface area contributed by atoms with Gasteiger partial charge in [-0.2, -0.15) is 11.8 Å². The third kappa shape index (κ3) is 6.86. The Morgan fingerprint density at radius 2 is 2.08 bits per heavy atom. The van der Waals surface area contributed by atoms with E-state index in [9.17, 15) is 9.90 Å². The SMILES string of the molecule is CCNC(=NCC(=O)Nc1ccc(O)cc1)NC1CCCC(SC)C1. The maximum Gasteiger partial charge on any atom is 0.246 e. The zero-order valence-corrected chi connectivity index (χ0v) is 15.7. The first-order valence-corrected chi connectivity index (χ1v) is 10.1. The van der Waals surface area contributed by atoms with Gasteiger partial charge in [-0.15, -0.1) is 0 Å². The van der Waals surface area contributed by atoms with E-state index in [0.29, 0.717) is 22.9 Å². The van der Waals surface area contributed by atoms with Crippen LogP contribution in [0.5, 0.6) is 5.75 Å². The van der Waals surface area contributed by atoms with Gasteiger partial charge in [0, 0.05) is 23.5 Å². The largest absolute Gasteiger partial charge is 0.508 e. The summed E-state index contributed by atoms with van der Waals surface area (Å²) in [6, 6.07) is 6.80. The molecule has 1 saturated carbocycles. The normalized spacial score (nSPS) is 20.8. The minimum absolute atomic E-state index is 0.0505. The molecule has 0 aromatic heterocycles. The van der Waals surface area contributed by atoms with Crippen LogP contribution in [-0.2, 0) is 4.79 Å². The Labute approximate surface area is 153 Å². The average molecular weight is 365 g/mol. The molecule has 6 nitrogen and oxygen atoms in total. The number of aliphatic imine (C=N–C) groups is 1. The highest BCUT2D eigenvalue weighted by Gasteiger charge is 2.21. The van der Waals surface area contributed by atoms with Gasteiger partial charge in [0.2, 0.25) is 5.91 Å². The van der Waals surface area contributed by atoms with Gasteiger partial charge in [0.15, 0.2) is 5.96 Å². The van der Waals surface area contributed by atoms with Crippen molar-refractivity contribution in [3.63, 3.8) is 0 Å². The third-order valence-electron chi connectivity index (χ3n) is 4.18. The number of amides is 1. The minimum atomic E-state index is -0.187. The number of phenols is 1. The van der Waals surface area contributed by atoms with E-state index in [-0.39, 0.29) is 18.2 Å². The molecule has 2 unspecified atom stereocenters. The van der Waals surface area contributed by atoms with Crippen molar-refractivity contribution >= 4 is 29.3 Å². The van der Waals surface area contributed by atoms with E-state index in [0.717, 1.165) is 19.4 Å². The zero-order valence-electron chi connectivity index (χ0n) is 14.9. The summed E-state index contributed by atoms with van der Waals surface area (Å²) in [6.07, 6.45) is 6.94. The van der Waals surface area contributed by atoms with Crippen LogP contribution in [0, 0.1) is 0 Å². The summed E-state index contributed by atoms with van der Waals surface area (Å²) < 4.78 is 0. The Bertz CT molecular complexity index is 577. The van der Waals surface area contributed by atoms with E-state index >= 15 is 0 Å². The number of carbonyl (C=O) groups is 1. The first-order chi connectivity index (χ1) is 12.1. The number of nitrogens with zero attached hydrogens (tertiary/aromatic N) is 1. The molecule has 1 fully saturated rings. The fraction of sp³-hybridized carbons (Fsp3) is 0.556. The third-order valence-corrected chi connectivity index (χ3v) is 5.27. The monoisotopic (exact) mass is 364 g/mol. The van der Waals surface area contributed by atoms with Crippen molar-refractivity contribution in [1.29, 1.82) is 0 Å². The molecule has 1 aromatic rings. The van der Waals surface area contributed by atoms with Gasteiger partial charge in [-0.25, -0.2) is 4.99 Å². The molecule has 138 valence electrons. The van der Waals surface area contributed by atoms with Crippen LogP contribution in [0.15, 0.2) is 29.3 Å². The predicted octanol–water partition coefficient (Wildman–Crippen LogP) is 2.56. The van der Waals surface area contributed by atoms with E-state index in [1.54, 1.807) is 12.1 Å². The molecule has 0 radical (unpaired) electrons. The quantitative estimate of drug-likeness (QED) is 0.354. The molecule has 1 aliphatic rings. The van der Waals surface area contributed by atoms with Crippen LogP contribution in [0.25, 0.3) is 0 Å². The van der Waals surface area contributed by atoms with Crippen molar-refractivity contribution in [2.24, 2.45) is 4.99 Å². The molecule has 25 heavy (non-hydrogen) atoms. The van der Waals surface area contributed by atoms with Crippen LogP contribution in [0.4, 0.5) is 5.69 Å². The lowest BCUT2D eigenvalue weighted by atomic mass is 9.95. The summed E-state index contributed by atoms with van der Waals surface area (Å²) >= 11 is 1.93. The Kier molecular flexibility index (Phi) is 7.91. The van der Waals surface area contributed by atoms with Gasteiger partial charge in [-0.05, 0) is 56.7 Å². The Balaban J connectivity index is 1.87. The fourth-order valence-electron chi connectivity index (χ4n) is 2.90. The van der Waals surface area contributed by atoms with Crippen molar-refractivity contribution in [3.05, 3.63) is 24.3 Å². The molecular formula is C18H28N4O2S. The van der Waals surface area contributed by atoms with E-state index in [4.69, 9.17) is 0 Å². The smallest absolute Gasteiger partial charge is 0.246 e. The minimum Gasteiger partial charge on any atom is -0.508 e. The van der Waals surface area contributed by atoms with Crippen LogP contribution >= 0.6 is 11.8 Å². The van der Waals surface area contributed by atoms with Gasteiger partial charge < -0.3 is 21.1 Å². The maximum absolute atomic E-state index is 12.1. The maximum atomic E-state index is 12.1. The van der Waals surface area contributed by atoms with E-state index in [1.807, 2.05) is 18.7 Å². The van der Waals surface area contributed by atoms with Crippen LogP contribution in [0.3, 0.4) is 0 Å². The molecule has 4 N–H and O–H groups in total. The van der Waals surface area contributed by atoms with Gasteiger partial charge in [0.25, 0.3) is 0 Å². The molecule has 7 heteroatoms. The van der Waals surface area contributed by atoms with Gasteiger partial charge >= 0.3 is 0 Å². The zero-order chi connectivity index (χ0) is 18.1. The van der Waals surface area contributed by atoms with Crippen LogP contribution in [0.1, 0.15) is 32.6 Å². The Morgan fingerprint density at radius 3 is 2.76 bits per heavy atom. The van der Waals surface area contributed by atoms with Crippen molar-refractivity contribution in [3.8, 4) is 5.75 Å². The van der Waals surface area contributed by atoms with E-state index in [1.165, 1.54) is 25.0 Å². The summed E-state index contributed by atoms with van der Waals surface area (Å²) in [5.74, 6) is 0.675. The molecular weight excluding hydrogens is 336 g/mol. The number of carbonyl (C=O) groups excluding carboxylic acids is 1. The van der Waals surface area contributed by atoms with E-state index in [2.05, 4.69) is 27.2 Å². The van der Waals surface area contributed by atoms with Crippen molar-refractivity contribution in [1.82, 2.24) is 10.6 Å². The molecule has 0 bridgehead atoms. The van der Waals surface area contributed by atoms with Gasteiger partial charge in [0.1, 0.15) is 12.3 Å². The Hall–Kier alpha value is -1.89. The molecule has 2 atom stereocenters. The number of benzene rings is 1. The number of rotatable bonds is 6. The molecule has 0 saturated heterocycles. The molecule has 2 rings (SSSR count). The second-order valence-corrected chi connectivity index (χ2v) is 7.29. The lowest BCUT2D eigenvalue weighted by Crippen LogP contribution is -2.46. The van der Waals surface area contributed by atoms with Crippen molar-refractivity contribution in [2.45, 2.75) is 43.9 Å². The molecule has 0 heterocycles. The predicted molar refractivity (Wildman–Crippen MR) is 105 cm³/mol. The number of guanidine groups is 1. The summed E-state index contributed by atoms with van der Waals surface area (Å²) in [5, 5.41) is 19.4. The number of hydrogen-bond acceptors (Lipinski definition) is 4. The Morgan fingerprint density at radius 1 is 1.32 bits per heavy atom. The lowest BCUT2D eigenvalue weighted by Gasteiger charge is -2.29. The number of thioether (sulfide) groups is 1. The van der Waals surface area contributed by atoms with Crippen LogP contribution in [0.2, 0.25) is 0 Å². The number of phenolic OH excluding ortho intramolecular Hbond substituents is 1. The highest BCUT2D eigenvalue weighted by molar-refractivity contribution is 7.99. The molecule has 1 aliphatic carbocycles. The molecule has 0 aliphatic heterocycles. The summed E-state index contributed by atoms with van der Waals surface area (Å²) in [6.45, 7) is 2.82. The fourth-order valence-corrected chi connectivity index (χ4v) is 3.73. The highest BCUT2D eigenvalue weighted by Crippen LogP contribution is 2.26. The average Bonchev–Trinajstić information content (AvgIpc) is 2.62. The molecule has 0 spiro atoms. The van der Waals surface area contributed by atoms with Crippen LogP contribution < -0.4 is 16.0 Å². The highest BCUT2D eigenvalue weighted by atomic mass is 32.2. The lowest BCUT2D eigenvalue weighted by molar-refractivity contribution is -0.114.